The lowest BCUT2D eigenvalue weighted by atomic mass is 10.1. The van der Waals surface area contributed by atoms with Crippen LogP contribution < -0.4 is 14.8 Å². The van der Waals surface area contributed by atoms with Gasteiger partial charge in [-0.1, -0.05) is 0 Å². The molecule has 3 rings (SSSR count). The first-order chi connectivity index (χ1) is 9.94. The number of rotatable bonds is 3. The Morgan fingerprint density at radius 3 is 2.76 bits per heavy atom. The minimum atomic E-state index is 0.193. The van der Waals surface area contributed by atoms with Crippen LogP contribution in [-0.2, 0) is 0 Å². The first-order valence-corrected chi connectivity index (χ1v) is 8.57. The van der Waals surface area contributed by atoms with Gasteiger partial charge in [0, 0.05) is 12.0 Å². The van der Waals surface area contributed by atoms with E-state index in [1.54, 1.807) is 0 Å². The molecule has 0 aromatic heterocycles. The highest BCUT2D eigenvalue weighted by Crippen LogP contribution is 2.50. The second kappa shape index (κ2) is 5.81. The van der Waals surface area contributed by atoms with Gasteiger partial charge in [-0.05, 0) is 79.2 Å². The van der Waals surface area contributed by atoms with Crippen LogP contribution in [0.1, 0.15) is 45.1 Å². The number of ether oxygens (including phenoxy) is 2. The first-order valence-electron chi connectivity index (χ1n) is 7.78. The molecule has 0 spiro atoms. The van der Waals surface area contributed by atoms with Crippen molar-refractivity contribution >= 4 is 15.9 Å². The van der Waals surface area contributed by atoms with Gasteiger partial charge in [-0.2, -0.15) is 0 Å². The van der Waals surface area contributed by atoms with E-state index in [4.69, 9.17) is 9.47 Å². The Labute approximate surface area is 135 Å². The molecule has 1 heterocycles. The lowest BCUT2D eigenvalue weighted by Crippen LogP contribution is -2.37. The van der Waals surface area contributed by atoms with Crippen LogP contribution in [0.3, 0.4) is 0 Å². The highest BCUT2D eigenvalue weighted by molar-refractivity contribution is 9.10. The van der Waals surface area contributed by atoms with E-state index in [9.17, 15) is 0 Å². The van der Waals surface area contributed by atoms with Crippen molar-refractivity contribution in [3.8, 4) is 11.5 Å². The first kappa shape index (κ1) is 15.2. The maximum absolute atomic E-state index is 5.83. The third-order valence-corrected chi connectivity index (χ3v) is 4.66. The van der Waals surface area contributed by atoms with Gasteiger partial charge in [-0.25, -0.2) is 0 Å². The molecule has 4 heteroatoms. The summed E-state index contributed by atoms with van der Waals surface area (Å²) < 4.78 is 12.6. The number of nitrogens with one attached hydrogen (secondary N) is 1. The molecular weight excluding hydrogens is 330 g/mol. The standard InChI is InChI=1S/C17H24BrNO2/c1-17(2,3)19-10-12-7-13(12)11-8-14(18)16-15(9-11)20-5-4-6-21-16/h8-9,12-13,19H,4-7,10H2,1-3H3. The molecular formula is C17H24BrNO2. The fourth-order valence-corrected chi connectivity index (χ4v) is 3.36. The minimum absolute atomic E-state index is 0.193. The molecule has 2 aliphatic rings. The Hall–Kier alpha value is -0.740. The van der Waals surface area contributed by atoms with Gasteiger partial charge in [0.25, 0.3) is 0 Å². The van der Waals surface area contributed by atoms with Crippen molar-refractivity contribution in [3.05, 3.63) is 22.2 Å². The van der Waals surface area contributed by atoms with Crippen LogP contribution in [0.4, 0.5) is 0 Å². The van der Waals surface area contributed by atoms with Crippen molar-refractivity contribution in [2.45, 2.75) is 45.1 Å². The Kier molecular flexibility index (Phi) is 4.19. The fraction of sp³-hybridized carbons (Fsp3) is 0.647. The van der Waals surface area contributed by atoms with Gasteiger partial charge in [-0.15, -0.1) is 0 Å². The molecule has 2 atom stereocenters. The molecule has 0 radical (unpaired) electrons. The van der Waals surface area contributed by atoms with Crippen LogP contribution >= 0.6 is 15.9 Å². The van der Waals surface area contributed by atoms with E-state index >= 15 is 0 Å². The maximum Gasteiger partial charge on any atom is 0.175 e. The van der Waals surface area contributed by atoms with Crippen molar-refractivity contribution in [1.82, 2.24) is 5.32 Å². The van der Waals surface area contributed by atoms with Gasteiger partial charge in [0.2, 0.25) is 0 Å². The fourth-order valence-electron chi connectivity index (χ4n) is 2.78. The third kappa shape index (κ3) is 3.72. The summed E-state index contributed by atoms with van der Waals surface area (Å²) in [6.45, 7) is 9.20. The zero-order chi connectivity index (χ0) is 15.0. The second-order valence-electron chi connectivity index (χ2n) is 7.11. The van der Waals surface area contributed by atoms with Crippen molar-refractivity contribution in [3.63, 3.8) is 0 Å². The predicted molar refractivity (Wildman–Crippen MR) is 88.4 cm³/mol. The molecule has 0 bridgehead atoms. The van der Waals surface area contributed by atoms with E-state index in [-0.39, 0.29) is 5.54 Å². The lowest BCUT2D eigenvalue weighted by molar-refractivity contribution is 0.296. The molecule has 3 nitrogen and oxygen atoms in total. The van der Waals surface area contributed by atoms with Crippen LogP contribution in [0.25, 0.3) is 0 Å². The van der Waals surface area contributed by atoms with Gasteiger partial charge in [0.05, 0.1) is 17.7 Å². The summed E-state index contributed by atoms with van der Waals surface area (Å²) in [5, 5.41) is 3.60. The van der Waals surface area contributed by atoms with Crippen molar-refractivity contribution < 1.29 is 9.47 Å². The molecule has 116 valence electrons. The second-order valence-corrected chi connectivity index (χ2v) is 7.97. The highest BCUT2D eigenvalue weighted by atomic mass is 79.9. The highest BCUT2D eigenvalue weighted by Gasteiger charge is 2.39. The van der Waals surface area contributed by atoms with Gasteiger partial charge in [0.1, 0.15) is 0 Å². The largest absolute Gasteiger partial charge is 0.490 e. The van der Waals surface area contributed by atoms with E-state index in [2.05, 4.69) is 54.2 Å². The molecule has 1 fully saturated rings. The molecule has 1 N–H and O–H groups in total. The summed E-state index contributed by atoms with van der Waals surface area (Å²) in [6, 6.07) is 4.38. The number of halogens is 1. The normalized spacial score (nSPS) is 24.6. The topological polar surface area (TPSA) is 30.5 Å². The Morgan fingerprint density at radius 1 is 1.24 bits per heavy atom. The van der Waals surface area contributed by atoms with Gasteiger partial charge < -0.3 is 14.8 Å². The Bertz CT molecular complexity index is 524. The Morgan fingerprint density at radius 2 is 2.00 bits per heavy atom. The van der Waals surface area contributed by atoms with Crippen LogP contribution in [0.15, 0.2) is 16.6 Å². The van der Waals surface area contributed by atoms with Crippen molar-refractivity contribution in [2.24, 2.45) is 5.92 Å². The SMILES string of the molecule is CC(C)(C)NCC1CC1c1cc(Br)c2c(c1)OCCCO2. The molecule has 1 aliphatic heterocycles. The van der Waals surface area contributed by atoms with Gasteiger partial charge in [0.15, 0.2) is 11.5 Å². The minimum Gasteiger partial charge on any atom is -0.490 e. The molecule has 21 heavy (non-hydrogen) atoms. The predicted octanol–water partition coefficient (Wildman–Crippen LogP) is 4.10. The van der Waals surface area contributed by atoms with Crippen LogP contribution in [-0.4, -0.2) is 25.3 Å². The zero-order valence-corrected chi connectivity index (χ0v) is 14.6. The zero-order valence-electron chi connectivity index (χ0n) is 13.0. The quantitative estimate of drug-likeness (QED) is 0.887. The molecule has 0 amide bonds. The number of fused-ring (bicyclic) bond motifs is 1. The summed E-state index contributed by atoms with van der Waals surface area (Å²) in [6.07, 6.45) is 2.20. The molecule has 1 aromatic carbocycles. The molecule has 1 aromatic rings. The lowest BCUT2D eigenvalue weighted by Gasteiger charge is -2.20. The molecule has 1 saturated carbocycles. The van der Waals surface area contributed by atoms with E-state index in [1.807, 2.05) is 0 Å². The summed E-state index contributed by atoms with van der Waals surface area (Å²) in [5.41, 5.74) is 1.56. The van der Waals surface area contributed by atoms with Crippen LogP contribution in [0.2, 0.25) is 0 Å². The summed E-state index contributed by atoms with van der Waals surface area (Å²) in [5.74, 6) is 3.14. The smallest absolute Gasteiger partial charge is 0.175 e. The molecule has 1 aliphatic carbocycles. The molecule has 0 saturated heterocycles. The van der Waals surface area contributed by atoms with Crippen LogP contribution in [0.5, 0.6) is 11.5 Å². The number of hydrogen-bond acceptors (Lipinski definition) is 3. The number of benzene rings is 1. The van der Waals surface area contributed by atoms with E-state index in [0.29, 0.717) is 5.92 Å². The van der Waals surface area contributed by atoms with E-state index < -0.39 is 0 Å². The summed E-state index contributed by atoms with van der Waals surface area (Å²) in [7, 11) is 0. The number of hydrogen-bond donors (Lipinski definition) is 1. The monoisotopic (exact) mass is 353 g/mol. The average Bonchev–Trinajstić information content (AvgIpc) is 3.19. The van der Waals surface area contributed by atoms with Gasteiger partial charge in [-0.3, -0.25) is 0 Å². The average molecular weight is 354 g/mol. The van der Waals surface area contributed by atoms with Gasteiger partial charge >= 0.3 is 0 Å². The maximum atomic E-state index is 5.83. The van der Waals surface area contributed by atoms with E-state index in [1.165, 1.54) is 12.0 Å². The summed E-state index contributed by atoms with van der Waals surface area (Å²) >= 11 is 3.63. The Balaban J connectivity index is 1.70. The summed E-state index contributed by atoms with van der Waals surface area (Å²) in [4.78, 5) is 0. The molecule has 2 unspecified atom stereocenters. The third-order valence-electron chi connectivity index (χ3n) is 4.07. The van der Waals surface area contributed by atoms with E-state index in [0.717, 1.165) is 48.1 Å². The van der Waals surface area contributed by atoms with Crippen molar-refractivity contribution in [2.75, 3.05) is 19.8 Å². The van der Waals surface area contributed by atoms with Crippen molar-refractivity contribution in [1.29, 1.82) is 0 Å². The van der Waals surface area contributed by atoms with Crippen LogP contribution in [0, 0.1) is 5.92 Å².